The van der Waals surface area contributed by atoms with Crippen molar-refractivity contribution in [3.05, 3.63) is 29.8 Å². The highest BCUT2D eigenvalue weighted by Crippen LogP contribution is 2.47. The Morgan fingerprint density at radius 2 is 2.15 bits per heavy atom. The van der Waals surface area contributed by atoms with E-state index in [0.717, 1.165) is 24.6 Å². The van der Waals surface area contributed by atoms with E-state index in [0.29, 0.717) is 24.3 Å². The third-order valence-electron chi connectivity index (χ3n) is 5.46. The summed E-state index contributed by atoms with van der Waals surface area (Å²) in [6.45, 7) is 5.46. The number of guanidine groups is 1. The summed E-state index contributed by atoms with van der Waals surface area (Å²) < 4.78 is 5.56. The predicted molar refractivity (Wildman–Crippen MR) is 103 cm³/mol. The minimum absolute atomic E-state index is 0.0439. The number of carbonyl (C=O) groups is 1. The molecule has 1 aromatic rings. The summed E-state index contributed by atoms with van der Waals surface area (Å²) in [5.41, 5.74) is 1.67. The second-order valence-electron chi connectivity index (χ2n) is 7.32. The first-order chi connectivity index (χ1) is 12.6. The summed E-state index contributed by atoms with van der Waals surface area (Å²) >= 11 is 0. The van der Waals surface area contributed by atoms with Crippen LogP contribution in [0.4, 0.5) is 0 Å². The van der Waals surface area contributed by atoms with E-state index < -0.39 is 0 Å². The molecule has 2 fully saturated rings. The SMILES string of the molecule is CCNC(=O)COc1cccc(CNC(=NC)N2CCC3(CCC3)C2)c1. The Hall–Kier alpha value is -2.24. The van der Waals surface area contributed by atoms with Crippen LogP contribution >= 0.6 is 0 Å². The van der Waals surface area contributed by atoms with Crippen LogP contribution in [-0.2, 0) is 11.3 Å². The molecule has 6 nitrogen and oxygen atoms in total. The lowest BCUT2D eigenvalue weighted by atomic mass is 9.68. The molecule has 26 heavy (non-hydrogen) atoms. The van der Waals surface area contributed by atoms with Crippen LogP contribution in [-0.4, -0.2) is 50.1 Å². The number of ether oxygens (including phenoxy) is 1. The predicted octanol–water partition coefficient (Wildman–Crippen LogP) is 2.15. The van der Waals surface area contributed by atoms with Crippen LogP contribution in [0.1, 0.15) is 38.2 Å². The van der Waals surface area contributed by atoms with Gasteiger partial charge in [0.05, 0.1) is 0 Å². The van der Waals surface area contributed by atoms with Crippen LogP contribution in [0.2, 0.25) is 0 Å². The molecule has 0 aromatic heterocycles. The topological polar surface area (TPSA) is 66.0 Å². The molecule has 2 N–H and O–H groups in total. The Morgan fingerprint density at radius 1 is 1.31 bits per heavy atom. The van der Waals surface area contributed by atoms with Gasteiger partial charge in [-0.2, -0.15) is 0 Å². The van der Waals surface area contributed by atoms with Crippen LogP contribution in [0, 0.1) is 5.41 Å². The van der Waals surface area contributed by atoms with Gasteiger partial charge in [0, 0.05) is 33.2 Å². The lowest BCUT2D eigenvalue weighted by molar-refractivity contribution is -0.122. The summed E-state index contributed by atoms with van der Waals surface area (Å²) in [5.74, 6) is 1.58. The third kappa shape index (κ3) is 4.48. The van der Waals surface area contributed by atoms with Gasteiger partial charge >= 0.3 is 0 Å². The molecular weight excluding hydrogens is 328 g/mol. The Morgan fingerprint density at radius 3 is 2.81 bits per heavy atom. The van der Waals surface area contributed by atoms with Gasteiger partial charge in [-0.1, -0.05) is 18.6 Å². The Bertz CT molecular complexity index is 655. The second kappa shape index (κ2) is 8.43. The van der Waals surface area contributed by atoms with Crippen molar-refractivity contribution in [2.45, 2.75) is 39.2 Å². The first kappa shape index (κ1) is 18.5. The van der Waals surface area contributed by atoms with Gasteiger partial charge in [-0.3, -0.25) is 9.79 Å². The third-order valence-corrected chi connectivity index (χ3v) is 5.46. The number of hydrogen-bond acceptors (Lipinski definition) is 3. The molecule has 142 valence electrons. The summed E-state index contributed by atoms with van der Waals surface area (Å²) in [6, 6.07) is 7.85. The minimum atomic E-state index is -0.101. The van der Waals surface area contributed by atoms with E-state index in [1.54, 1.807) is 0 Å². The zero-order valence-corrected chi connectivity index (χ0v) is 15.9. The molecule has 1 amide bonds. The summed E-state index contributed by atoms with van der Waals surface area (Å²) in [5, 5.41) is 6.20. The van der Waals surface area contributed by atoms with Crippen molar-refractivity contribution in [2.24, 2.45) is 10.4 Å². The maximum absolute atomic E-state index is 11.5. The van der Waals surface area contributed by atoms with Gasteiger partial charge in [-0.25, -0.2) is 0 Å². The maximum atomic E-state index is 11.5. The highest BCUT2D eigenvalue weighted by Gasteiger charge is 2.43. The first-order valence-corrected chi connectivity index (χ1v) is 9.58. The van der Waals surface area contributed by atoms with Gasteiger partial charge in [0.2, 0.25) is 0 Å². The van der Waals surface area contributed by atoms with Gasteiger partial charge in [-0.05, 0) is 49.3 Å². The molecule has 0 unspecified atom stereocenters. The van der Waals surface area contributed by atoms with Gasteiger partial charge in [0.25, 0.3) is 5.91 Å². The number of aliphatic imine (C=N–C) groups is 1. The molecule has 1 spiro atoms. The monoisotopic (exact) mass is 358 g/mol. The van der Waals surface area contributed by atoms with E-state index >= 15 is 0 Å². The first-order valence-electron chi connectivity index (χ1n) is 9.58. The molecule has 1 heterocycles. The fourth-order valence-corrected chi connectivity index (χ4v) is 3.86. The summed E-state index contributed by atoms with van der Waals surface area (Å²) in [6.07, 6.45) is 5.40. The molecule has 0 bridgehead atoms. The van der Waals surface area contributed by atoms with Crippen LogP contribution in [0.5, 0.6) is 5.75 Å². The minimum Gasteiger partial charge on any atom is -0.484 e. The molecule has 1 aliphatic carbocycles. The molecule has 0 atom stereocenters. The van der Waals surface area contributed by atoms with Crippen LogP contribution in [0.15, 0.2) is 29.3 Å². The summed E-state index contributed by atoms with van der Waals surface area (Å²) in [7, 11) is 1.85. The smallest absolute Gasteiger partial charge is 0.257 e. The number of nitrogens with one attached hydrogen (secondary N) is 2. The molecule has 1 aromatic carbocycles. The number of nitrogens with zero attached hydrogens (tertiary/aromatic N) is 2. The second-order valence-corrected chi connectivity index (χ2v) is 7.32. The van der Waals surface area contributed by atoms with E-state index in [-0.39, 0.29) is 12.5 Å². The van der Waals surface area contributed by atoms with Crippen molar-refractivity contribution in [1.82, 2.24) is 15.5 Å². The molecule has 2 aliphatic rings. The quantitative estimate of drug-likeness (QED) is 0.604. The fourth-order valence-electron chi connectivity index (χ4n) is 3.86. The van der Waals surface area contributed by atoms with Gasteiger partial charge in [0.15, 0.2) is 12.6 Å². The lowest BCUT2D eigenvalue weighted by Crippen LogP contribution is -2.42. The van der Waals surface area contributed by atoms with Gasteiger partial charge in [0.1, 0.15) is 5.75 Å². The van der Waals surface area contributed by atoms with E-state index in [2.05, 4.69) is 26.6 Å². The number of rotatable bonds is 6. The molecular formula is C20H30N4O2. The van der Waals surface area contributed by atoms with E-state index in [1.165, 1.54) is 25.7 Å². The van der Waals surface area contributed by atoms with Gasteiger partial charge in [-0.15, -0.1) is 0 Å². The number of amides is 1. The normalized spacial score (nSPS) is 18.5. The Kier molecular flexibility index (Phi) is 6.01. The molecule has 6 heteroatoms. The highest BCUT2D eigenvalue weighted by molar-refractivity contribution is 5.80. The highest BCUT2D eigenvalue weighted by atomic mass is 16.5. The molecule has 1 aliphatic heterocycles. The average molecular weight is 358 g/mol. The number of likely N-dealkylation sites (N-methyl/N-ethyl adjacent to an activating group) is 1. The largest absolute Gasteiger partial charge is 0.484 e. The number of hydrogen-bond donors (Lipinski definition) is 2. The Balaban J connectivity index is 1.50. The van der Waals surface area contributed by atoms with Crippen molar-refractivity contribution < 1.29 is 9.53 Å². The standard InChI is InChI=1S/C20H30N4O2/c1-3-22-18(25)14-26-17-7-4-6-16(12-17)13-23-19(21-2)24-11-10-20(15-24)8-5-9-20/h4,6-7,12H,3,5,8-11,13-15H2,1-2H3,(H,21,23)(H,22,25). The van der Waals surface area contributed by atoms with E-state index in [9.17, 15) is 4.79 Å². The fraction of sp³-hybridized carbons (Fsp3) is 0.600. The van der Waals surface area contributed by atoms with Crippen molar-refractivity contribution in [1.29, 1.82) is 0 Å². The van der Waals surface area contributed by atoms with Crippen molar-refractivity contribution in [2.75, 3.05) is 33.3 Å². The van der Waals surface area contributed by atoms with Crippen molar-refractivity contribution in [3.63, 3.8) is 0 Å². The van der Waals surface area contributed by atoms with Crippen LogP contribution in [0.3, 0.4) is 0 Å². The number of likely N-dealkylation sites (tertiary alicyclic amines) is 1. The molecule has 0 radical (unpaired) electrons. The van der Waals surface area contributed by atoms with Crippen LogP contribution in [0.25, 0.3) is 0 Å². The van der Waals surface area contributed by atoms with E-state index in [1.807, 2.05) is 32.2 Å². The van der Waals surface area contributed by atoms with Crippen LogP contribution < -0.4 is 15.4 Å². The zero-order chi connectivity index (χ0) is 18.4. The van der Waals surface area contributed by atoms with E-state index in [4.69, 9.17) is 4.74 Å². The van der Waals surface area contributed by atoms with Gasteiger partial charge < -0.3 is 20.3 Å². The summed E-state index contributed by atoms with van der Waals surface area (Å²) in [4.78, 5) is 18.4. The molecule has 1 saturated heterocycles. The Labute approximate surface area is 156 Å². The number of carbonyl (C=O) groups excluding carboxylic acids is 1. The number of benzene rings is 1. The maximum Gasteiger partial charge on any atom is 0.257 e. The lowest BCUT2D eigenvalue weighted by Gasteiger charge is -2.38. The zero-order valence-electron chi connectivity index (χ0n) is 15.9. The molecule has 1 saturated carbocycles. The molecule has 3 rings (SSSR count). The van der Waals surface area contributed by atoms with Crippen molar-refractivity contribution >= 4 is 11.9 Å². The van der Waals surface area contributed by atoms with Crippen molar-refractivity contribution in [3.8, 4) is 5.75 Å². The average Bonchev–Trinajstić information content (AvgIpc) is 3.07.